The average molecular weight is 232 g/mol. The number of rotatable bonds is 6. The van der Waals surface area contributed by atoms with Crippen LogP contribution in [-0.4, -0.2) is 31.5 Å². The van der Waals surface area contributed by atoms with E-state index in [-0.39, 0.29) is 11.5 Å². The van der Waals surface area contributed by atoms with E-state index in [9.17, 15) is 8.42 Å². The second-order valence-electron chi connectivity index (χ2n) is 3.28. The number of aryl methyl sites for hydroxylation is 1. The maximum atomic E-state index is 11.1. The van der Waals surface area contributed by atoms with Gasteiger partial charge < -0.3 is 9.73 Å². The molecule has 0 bridgehead atoms. The molecule has 1 heterocycles. The molecule has 0 aliphatic carbocycles. The second-order valence-corrected chi connectivity index (χ2v) is 5.75. The summed E-state index contributed by atoms with van der Waals surface area (Å²) in [5.74, 6) is 1.69. The van der Waals surface area contributed by atoms with Crippen LogP contribution >= 0.6 is 0 Å². The van der Waals surface area contributed by atoms with Crippen LogP contribution in [0.2, 0.25) is 0 Å². The molecule has 0 saturated heterocycles. The normalized spacial score (nSPS) is 11.9. The first-order chi connectivity index (χ1) is 7.03. The Balaban J connectivity index is 2.23. The molecule has 1 N–H and O–H groups in total. The Morgan fingerprint density at radius 3 is 2.80 bits per heavy atom. The quantitative estimate of drug-likeness (QED) is 0.723. The molecule has 5 nitrogen and oxygen atoms in total. The Morgan fingerprint density at radius 2 is 2.27 bits per heavy atom. The molecule has 86 valence electrons. The minimum absolute atomic E-state index is 0.156. The van der Waals surface area contributed by atoms with Crippen molar-refractivity contribution in [1.29, 1.82) is 0 Å². The smallest absolute Gasteiger partial charge is 0.208 e. The maximum absolute atomic E-state index is 11.1. The van der Waals surface area contributed by atoms with E-state index >= 15 is 0 Å². The number of hydrogen-bond donors (Lipinski definition) is 1. The minimum Gasteiger partial charge on any atom is -0.445 e. The van der Waals surface area contributed by atoms with Gasteiger partial charge in [0.05, 0.1) is 18.5 Å². The van der Waals surface area contributed by atoms with Crippen molar-refractivity contribution in [1.82, 2.24) is 10.3 Å². The standard InChI is InChI=1S/C9H16N2O3S/c1-3-15(12,13)5-4-10-7-9-11-6-8(2)14-9/h6,10H,3-5,7H2,1-2H3. The van der Waals surface area contributed by atoms with Crippen molar-refractivity contribution in [2.75, 3.05) is 18.1 Å². The number of nitrogens with one attached hydrogen (secondary N) is 1. The number of hydrogen-bond acceptors (Lipinski definition) is 5. The minimum atomic E-state index is -2.88. The van der Waals surface area contributed by atoms with Gasteiger partial charge in [-0.05, 0) is 6.92 Å². The third-order valence-corrected chi connectivity index (χ3v) is 3.68. The Bertz CT molecular complexity index is 397. The molecule has 0 saturated carbocycles. The molecule has 6 heteroatoms. The molecule has 0 spiro atoms. The fraction of sp³-hybridized carbons (Fsp3) is 0.667. The van der Waals surface area contributed by atoms with Crippen LogP contribution < -0.4 is 5.32 Å². The molecule has 0 aliphatic rings. The summed E-state index contributed by atoms with van der Waals surface area (Å²) in [4.78, 5) is 3.99. The predicted molar refractivity (Wildman–Crippen MR) is 57.3 cm³/mol. The highest BCUT2D eigenvalue weighted by atomic mass is 32.2. The number of aromatic nitrogens is 1. The molecule has 1 aromatic heterocycles. The van der Waals surface area contributed by atoms with Crippen LogP contribution in [0.4, 0.5) is 0 Å². The van der Waals surface area contributed by atoms with Crippen molar-refractivity contribution in [2.24, 2.45) is 0 Å². The van der Waals surface area contributed by atoms with Gasteiger partial charge in [0.15, 0.2) is 9.84 Å². The van der Waals surface area contributed by atoms with Crippen molar-refractivity contribution in [2.45, 2.75) is 20.4 Å². The Morgan fingerprint density at radius 1 is 1.53 bits per heavy atom. The van der Waals surface area contributed by atoms with Gasteiger partial charge in [-0.1, -0.05) is 6.92 Å². The van der Waals surface area contributed by atoms with Gasteiger partial charge in [-0.3, -0.25) is 0 Å². The van der Waals surface area contributed by atoms with Gasteiger partial charge in [-0.15, -0.1) is 0 Å². The summed E-state index contributed by atoms with van der Waals surface area (Å²) in [6.07, 6.45) is 1.64. The van der Waals surface area contributed by atoms with Crippen LogP contribution in [0.3, 0.4) is 0 Å². The molecule has 0 fully saturated rings. The fourth-order valence-electron chi connectivity index (χ4n) is 1.05. The van der Waals surface area contributed by atoms with Gasteiger partial charge in [-0.25, -0.2) is 13.4 Å². The van der Waals surface area contributed by atoms with Crippen LogP contribution in [0.15, 0.2) is 10.6 Å². The lowest BCUT2D eigenvalue weighted by atomic mass is 10.6. The molecular weight excluding hydrogens is 216 g/mol. The first kappa shape index (κ1) is 12.2. The average Bonchev–Trinajstić information content (AvgIpc) is 2.59. The van der Waals surface area contributed by atoms with Gasteiger partial charge in [0, 0.05) is 12.3 Å². The summed E-state index contributed by atoms with van der Waals surface area (Å²) in [6.45, 7) is 4.36. The van der Waals surface area contributed by atoms with E-state index in [4.69, 9.17) is 4.42 Å². The highest BCUT2D eigenvalue weighted by Gasteiger charge is 2.06. The first-order valence-corrected chi connectivity index (χ1v) is 6.68. The largest absolute Gasteiger partial charge is 0.445 e. The summed E-state index contributed by atoms with van der Waals surface area (Å²) in [6, 6.07) is 0. The molecule has 0 atom stereocenters. The monoisotopic (exact) mass is 232 g/mol. The predicted octanol–water partition coefficient (Wildman–Crippen LogP) is 0.507. The van der Waals surface area contributed by atoms with Crippen molar-refractivity contribution in [3.63, 3.8) is 0 Å². The van der Waals surface area contributed by atoms with Crippen molar-refractivity contribution >= 4 is 9.84 Å². The summed E-state index contributed by atoms with van der Waals surface area (Å²) in [7, 11) is -2.88. The van der Waals surface area contributed by atoms with Crippen LogP contribution in [0.1, 0.15) is 18.6 Å². The molecular formula is C9H16N2O3S. The second kappa shape index (κ2) is 5.27. The van der Waals surface area contributed by atoms with Crippen LogP contribution in [0.5, 0.6) is 0 Å². The van der Waals surface area contributed by atoms with Gasteiger partial charge in [0.1, 0.15) is 5.76 Å². The third-order valence-electron chi connectivity index (χ3n) is 1.98. The SMILES string of the molecule is CCS(=O)(=O)CCNCc1ncc(C)o1. The van der Waals surface area contributed by atoms with Gasteiger partial charge in [-0.2, -0.15) is 0 Å². The lowest BCUT2D eigenvalue weighted by molar-refractivity contribution is 0.452. The first-order valence-electron chi connectivity index (χ1n) is 4.86. The van der Waals surface area contributed by atoms with E-state index in [1.165, 1.54) is 0 Å². The fourth-order valence-corrected chi connectivity index (χ4v) is 1.79. The van der Waals surface area contributed by atoms with E-state index in [0.29, 0.717) is 19.0 Å². The Labute approximate surface area is 89.8 Å². The van der Waals surface area contributed by atoms with Gasteiger partial charge in [0.2, 0.25) is 5.89 Å². The van der Waals surface area contributed by atoms with E-state index in [1.807, 2.05) is 6.92 Å². The van der Waals surface area contributed by atoms with E-state index < -0.39 is 9.84 Å². The molecule has 0 aromatic carbocycles. The van der Waals surface area contributed by atoms with E-state index in [0.717, 1.165) is 5.76 Å². The summed E-state index contributed by atoms with van der Waals surface area (Å²) in [5.41, 5.74) is 0. The molecule has 0 aliphatic heterocycles. The van der Waals surface area contributed by atoms with Crippen molar-refractivity contribution in [3.8, 4) is 0 Å². The number of oxazole rings is 1. The molecule has 1 aromatic rings. The number of sulfone groups is 1. The van der Waals surface area contributed by atoms with Gasteiger partial charge in [0.25, 0.3) is 0 Å². The summed E-state index contributed by atoms with van der Waals surface area (Å²) in [5, 5.41) is 2.97. The third kappa shape index (κ3) is 4.44. The van der Waals surface area contributed by atoms with Crippen LogP contribution in [-0.2, 0) is 16.4 Å². The number of nitrogens with zero attached hydrogens (tertiary/aromatic N) is 1. The molecule has 15 heavy (non-hydrogen) atoms. The lowest BCUT2D eigenvalue weighted by Gasteiger charge is -2.01. The topological polar surface area (TPSA) is 72.2 Å². The summed E-state index contributed by atoms with van der Waals surface area (Å²) < 4.78 is 27.5. The Hall–Kier alpha value is -0.880. The summed E-state index contributed by atoms with van der Waals surface area (Å²) >= 11 is 0. The molecule has 0 amide bonds. The molecule has 0 unspecified atom stereocenters. The zero-order valence-electron chi connectivity index (χ0n) is 8.99. The van der Waals surface area contributed by atoms with Crippen LogP contribution in [0.25, 0.3) is 0 Å². The van der Waals surface area contributed by atoms with Crippen LogP contribution in [0, 0.1) is 6.92 Å². The van der Waals surface area contributed by atoms with E-state index in [2.05, 4.69) is 10.3 Å². The molecule has 1 rings (SSSR count). The maximum Gasteiger partial charge on any atom is 0.208 e. The van der Waals surface area contributed by atoms with Crippen molar-refractivity contribution < 1.29 is 12.8 Å². The lowest BCUT2D eigenvalue weighted by Crippen LogP contribution is -2.23. The van der Waals surface area contributed by atoms with Crippen molar-refractivity contribution in [3.05, 3.63) is 17.8 Å². The Kier molecular flexibility index (Phi) is 4.28. The van der Waals surface area contributed by atoms with E-state index in [1.54, 1.807) is 13.1 Å². The highest BCUT2D eigenvalue weighted by molar-refractivity contribution is 7.91. The van der Waals surface area contributed by atoms with Gasteiger partial charge >= 0.3 is 0 Å². The molecule has 0 radical (unpaired) electrons. The highest BCUT2D eigenvalue weighted by Crippen LogP contribution is 2.00. The zero-order chi connectivity index (χ0) is 11.3. The zero-order valence-corrected chi connectivity index (χ0v) is 9.80.